The Morgan fingerprint density at radius 1 is 1.00 bits per heavy atom. The second-order valence-corrected chi connectivity index (χ2v) is 7.06. The molecule has 0 saturated carbocycles. The Hall–Kier alpha value is -1.95. The van der Waals surface area contributed by atoms with E-state index in [4.69, 9.17) is 28.3 Å². The number of halogens is 2. The Labute approximate surface area is 169 Å². The number of benzene rings is 2. The number of nitrogens with one attached hydrogen (secondary N) is 1. The molecular formula is C20H24Cl2N2O3. The maximum Gasteiger partial charge on any atom is 0.317 e. The molecule has 0 aliphatic rings. The van der Waals surface area contributed by atoms with Gasteiger partial charge in [-0.2, -0.15) is 0 Å². The van der Waals surface area contributed by atoms with Crippen LogP contribution in [0.25, 0.3) is 0 Å². The number of hydrogen-bond donors (Lipinski definition) is 3. The first kappa shape index (κ1) is 21.4. The molecule has 0 atom stereocenters. The van der Waals surface area contributed by atoms with Gasteiger partial charge in [0, 0.05) is 26.2 Å². The molecule has 2 aromatic carbocycles. The summed E-state index contributed by atoms with van der Waals surface area (Å²) in [6, 6.07) is 12.2. The van der Waals surface area contributed by atoms with Crippen LogP contribution in [0.2, 0.25) is 10.0 Å². The van der Waals surface area contributed by atoms with Gasteiger partial charge in [-0.3, -0.25) is 0 Å². The van der Waals surface area contributed by atoms with Gasteiger partial charge in [0.25, 0.3) is 0 Å². The molecule has 0 bridgehead atoms. The number of aryl methyl sites for hydroxylation is 1. The van der Waals surface area contributed by atoms with Crippen LogP contribution in [0.15, 0.2) is 42.5 Å². The minimum absolute atomic E-state index is 0.0198. The third-order valence-electron chi connectivity index (χ3n) is 4.09. The molecule has 3 N–H and O–H groups in total. The molecule has 0 saturated heterocycles. The number of phenolic OH excluding ortho intramolecular Hbond substituents is 1. The number of rotatable bonds is 9. The number of urea groups is 1. The van der Waals surface area contributed by atoms with Crippen LogP contribution in [0.4, 0.5) is 4.79 Å². The van der Waals surface area contributed by atoms with E-state index >= 15 is 0 Å². The van der Waals surface area contributed by atoms with Crippen LogP contribution in [0.5, 0.6) is 5.75 Å². The van der Waals surface area contributed by atoms with Crippen LogP contribution in [-0.2, 0) is 13.0 Å². The molecule has 0 radical (unpaired) electrons. The normalized spacial score (nSPS) is 10.6. The molecule has 27 heavy (non-hydrogen) atoms. The summed E-state index contributed by atoms with van der Waals surface area (Å²) in [4.78, 5) is 14.2. The molecule has 2 rings (SSSR count). The van der Waals surface area contributed by atoms with Crippen LogP contribution in [0.3, 0.4) is 0 Å². The van der Waals surface area contributed by atoms with Crippen LogP contribution < -0.4 is 5.32 Å². The summed E-state index contributed by atoms with van der Waals surface area (Å²) in [6.07, 6.45) is 2.10. The molecule has 0 aromatic heterocycles. The number of amides is 2. The number of aliphatic hydroxyl groups is 1. The average molecular weight is 411 g/mol. The van der Waals surface area contributed by atoms with E-state index in [2.05, 4.69) is 5.32 Å². The summed E-state index contributed by atoms with van der Waals surface area (Å²) in [5.74, 6) is 0.244. The van der Waals surface area contributed by atoms with E-state index in [1.807, 2.05) is 18.2 Å². The van der Waals surface area contributed by atoms with E-state index in [-0.39, 0.29) is 18.4 Å². The third kappa shape index (κ3) is 7.29. The van der Waals surface area contributed by atoms with Gasteiger partial charge < -0.3 is 20.4 Å². The van der Waals surface area contributed by atoms with Crippen molar-refractivity contribution in [1.82, 2.24) is 10.2 Å². The molecule has 5 nitrogen and oxygen atoms in total. The Bertz CT molecular complexity index is 739. The van der Waals surface area contributed by atoms with E-state index in [1.54, 1.807) is 29.2 Å². The minimum atomic E-state index is -0.180. The van der Waals surface area contributed by atoms with Crippen LogP contribution in [0, 0.1) is 0 Å². The highest BCUT2D eigenvalue weighted by molar-refractivity contribution is 6.42. The van der Waals surface area contributed by atoms with Gasteiger partial charge in [-0.05, 0) is 54.7 Å². The Kier molecular flexibility index (Phi) is 8.72. The fourth-order valence-corrected chi connectivity index (χ4v) is 2.96. The van der Waals surface area contributed by atoms with Gasteiger partial charge in [-0.1, -0.05) is 41.4 Å². The topological polar surface area (TPSA) is 72.8 Å². The standard InChI is InChI=1S/C20H24Cl2N2O3/c21-18-9-6-16(13-19(18)22)14-24(11-2-12-25)20(27)23-10-1-3-15-4-7-17(26)8-5-15/h4-9,13,25-26H,1-3,10-12,14H2,(H,23,27). The third-order valence-corrected chi connectivity index (χ3v) is 4.82. The Balaban J connectivity index is 1.85. The number of carbonyl (C=O) groups is 1. The zero-order chi connectivity index (χ0) is 19.6. The maximum absolute atomic E-state index is 12.5. The second-order valence-electron chi connectivity index (χ2n) is 6.25. The molecule has 146 valence electrons. The number of aliphatic hydroxyl groups excluding tert-OH is 1. The van der Waals surface area contributed by atoms with Gasteiger partial charge in [-0.25, -0.2) is 4.79 Å². The van der Waals surface area contributed by atoms with Crippen LogP contribution >= 0.6 is 23.2 Å². The molecule has 2 amide bonds. The van der Waals surface area contributed by atoms with Crippen molar-refractivity contribution >= 4 is 29.2 Å². The predicted molar refractivity (Wildman–Crippen MR) is 108 cm³/mol. The molecule has 0 spiro atoms. The zero-order valence-electron chi connectivity index (χ0n) is 15.0. The number of aromatic hydroxyl groups is 1. The fraction of sp³-hybridized carbons (Fsp3) is 0.350. The summed E-state index contributed by atoms with van der Waals surface area (Å²) < 4.78 is 0. The fourth-order valence-electron chi connectivity index (χ4n) is 2.63. The molecule has 0 aliphatic heterocycles. The maximum atomic E-state index is 12.5. The highest BCUT2D eigenvalue weighted by atomic mass is 35.5. The monoisotopic (exact) mass is 410 g/mol. The molecule has 0 fully saturated rings. The van der Waals surface area contributed by atoms with Gasteiger partial charge in [-0.15, -0.1) is 0 Å². The van der Waals surface area contributed by atoms with Crippen molar-refractivity contribution in [3.63, 3.8) is 0 Å². The van der Waals surface area contributed by atoms with Crippen LogP contribution in [0.1, 0.15) is 24.0 Å². The molecular weight excluding hydrogens is 387 g/mol. The van der Waals surface area contributed by atoms with Gasteiger partial charge >= 0.3 is 6.03 Å². The van der Waals surface area contributed by atoms with Gasteiger partial charge in [0.05, 0.1) is 10.0 Å². The van der Waals surface area contributed by atoms with Crippen molar-refractivity contribution in [1.29, 1.82) is 0 Å². The van der Waals surface area contributed by atoms with Crippen LogP contribution in [-0.4, -0.2) is 40.8 Å². The summed E-state index contributed by atoms with van der Waals surface area (Å²) in [7, 11) is 0. The van der Waals surface area contributed by atoms with Crippen molar-refractivity contribution < 1.29 is 15.0 Å². The lowest BCUT2D eigenvalue weighted by molar-refractivity contribution is 0.186. The highest BCUT2D eigenvalue weighted by Gasteiger charge is 2.14. The first-order chi connectivity index (χ1) is 13.0. The Morgan fingerprint density at radius 2 is 1.70 bits per heavy atom. The number of carbonyl (C=O) groups excluding carboxylic acids is 1. The quantitative estimate of drug-likeness (QED) is 0.541. The summed E-state index contributed by atoms with van der Waals surface area (Å²) in [6.45, 7) is 1.39. The van der Waals surface area contributed by atoms with Crippen molar-refractivity contribution in [2.24, 2.45) is 0 Å². The summed E-state index contributed by atoms with van der Waals surface area (Å²) >= 11 is 12.0. The van der Waals surface area contributed by atoms with Crippen molar-refractivity contribution in [2.75, 3.05) is 19.7 Å². The Morgan fingerprint density at radius 3 is 2.37 bits per heavy atom. The van der Waals surface area contributed by atoms with Crippen molar-refractivity contribution in [3.8, 4) is 5.75 Å². The lowest BCUT2D eigenvalue weighted by Crippen LogP contribution is -2.40. The minimum Gasteiger partial charge on any atom is -0.508 e. The first-order valence-corrected chi connectivity index (χ1v) is 9.60. The second kappa shape index (κ2) is 11.0. The van der Waals surface area contributed by atoms with Gasteiger partial charge in [0.2, 0.25) is 0 Å². The van der Waals surface area contributed by atoms with E-state index in [1.165, 1.54) is 0 Å². The largest absolute Gasteiger partial charge is 0.508 e. The predicted octanol–water partition coefficient (Wildman–Crippen LogP) is 4.23. The van der Waals surface area contributed by atoms with E-state index in [0.717, 1.165) is 24.0 Å². The summed E-state index contributed by atoms with van der Waals surface area (Å²) in [5, 5.41) is 22.2. The molecule has 7 heteroatoms. The van der Waals surface area contributed by atoms with Crippen molar-refractivity contribution in [3.05, 3.63) is 63.6 Å². The zero-order valence-corrected chi connectivity index (χ0v) is 16.5. The number of phenols is 1. The first-order valence-electron chi connectivity index (χ1n) is 8.85. The lowest BCUT2D eigenvalue weighted by Gasteiger charge is -2.23. The lowest BCUT2D eigenvalue weighted by atomic mass is 10.1. The van der Waals surface area contributed by atoms with Crippen molar-refractivity contribution in [2.45, 2.75) is 25.8 Å². The number of nitrogens with zero attached hydrogens (tertiary/aromatic N) is 1. The SMILES string of the molecule is O=C(NCCCc1ccc(O)cc1)N(CCCO)Cc1ccc(Cl)c(Cl)c1. The molecule has 2 aromatic rings. The van der Waals surface area contributed by atoms with Gasteiger partial charge in [0.15, 0.2) is 0 Å². The highest BCUT2D eigenvalue weighted by Crippen LogP contribution is 2.23. The van der Waals surface area contributed by atoms with E-state index in [9.17, 15) is 9.90 Å². The summed E-state index contributed by atoms with van der Waals surface area (Å²) in [5.41, 5.74) is 1.98. The molecule has 0 unspecified atom stereocenters. The average Bonchev–Trinajstić information content (AvgIpc) is 2.66. The van der Waals surface area contributed by atoms with E-state index < -0.39 is 0 Å². The van der Waals surface area contributed by atoms with E-state index in [0.29, 0.717) is 36.1 Å². The van der Waals surface area contributed by atoms with Gasteiger partial charge in [0.1, 0.15) is 5.75 Å². The molecule has 0 heterocycles. The number of hydrogen-bond acceptors (Lipinski definition) is 3. The molecule has 0 aliphatic carbocycles. The smallest absolute Gasteiger partial charge is 0.317 e.